The van der Waals surface area contributed by atoms with Gasteiger partial charge in [-0.25, -0.2) is 4.98 Å². The second-order valence-electron chi connectivity index (χ2n) is 7.34. The molecule has 4 rings (SSSR count). The number of hydrogen-bond acceptors (Lipinski definition) is 5. The highest BCUT2D eigenvalue weighted by Gasteiger charge is 2.33. The minimum absolute atomic E-state index is 0.248. The molecule has 2 aliphatic rings. The van der Waals surface area contributed by atoms with Crippen LogP contribution in [0.4, 0.5) is 24.7 Å². The number of nitrogens with zero attached hydrogens (tertiary/aromatic N) is 2. The van der Waals surface area contributed by atoms with Crippen molar-refractivity contribution in [2.24, 2.45) is 0 Å². The van der Waals surface area contributed by atoms with E-state index in [1.54, 1.807) is 18.2 Å². The zero-order chi connectivity index (χ0) is 21.8. The average molecular weight is 433 g/mol. The Bertz CT molecular complexity index is 986. The summed E-state index contributed by atoms with van der Waals surface area (Å²) in [4.78, 5) is 18.1. The number of hydrogen-bond donors (Lipinski definition) is 1. The van der Waals surface area contributed by atoms with Gasteiger partial charge in [0.15, 0.2) is 11.5 Å². The predicted molar refractivity (Wildman–Crippen MR) is 110 cm³/mol. The fourth-order valence-electron chi connectivity index (χ4n) is 3.58. The third kappa shape index (κ3) is 5.10. The summed E-state index contributed by atoms with van der Waals surface area (Å²) in [5.74, 6) is 0.994. The molecule has 0 spiro atoms. The van der Waals surface area contributed by atoms with Crippen molar-refractivity contribution in [3.63, 3.8) is 0 Å². The van der Waals surface area contributed by atoms with Crippen molar-refractivity contribution >= 4 is 23.5 Å². The zero-order valence-electron chi connectivity index (χ0n) is 16.7. The Balaban J connectivity index is 1.52. The number of ether oxygens (including phenoxy) is 2. The average Bonchev–Trinajstić information content (AvgIpc) is 2.77. The van der Waals surface area contributed by atoms with Gasteiger partial charge in [-0.05, 0) is 49.6 Å². The summed E-state index contributed by atoms with van der Waals surface area (Å²) in [6, 6.07) is 7.36. The Kier molecular flexibility index (Phi) is 6.01. The molecule has 1 aromatic carbocycles. The molecule has 2 aromatic rings. The van der Waals surface area contributed by atoms with Crippen molar-refractivity contribution in [1.82, 2.24) is 4.98 Å². The van der Waals surface area contributed by atoms with Gasteiger partial charge in [-0.2, -0.15) is 13.2 Å². The topological polar surface area (TPSA) is 63.7 Å². The molecule has 2 aliphatic heterocycles. The van der Waals surface area contributed by atoms with Crippen LogP contribution in [-0.4, -0.2) is 37.2 Å². The molecule has 0 radical (unpaired) electrons. The molecule has 0 aliphatic carbocycles. The van der Waals surface area contributed by atoms with Gasteiger partial charge in [-0.1, -0.05) is 0 Å². The van der Waals surface area contributed by atoms with Gasteiger partial charge in [-0.15, -0.1) is 0 Å². The highest BCUT2D eigenvalue weighted by molar-refractivity contribution is 6.02. The summed E-state index contributed by atoms with van der Waals surface area (Å²) >= 11 is 0. The first-order valence-corrected chi connectivity index (χ1v) is 10.1. The molecule has 3 heterocycles. The van der Waals surface area contributed by atoms with Gasteiger partial charge >= 0.3 is 6.18 Å². The summed E-state index contributed by atoms with van der Waals surface area (Å²) < 4.78 is 50.4. The molecular formula is C22H22F3N3O3. The van der Waals surface area contributed by atoms with E-state index in [1.165, 1.54) is 18.2 Å². The van der Waals surface area contributed by atoms with E-state index in [1.807, 2.05) is 4.90 Å². The van der Waals surface area contributed by atoms with Crippen molar-refractivity contribution in [2.45, 2.75) is 25.4 Å². The fraction of sp³-hybridized carbons (Fsp3) is 0.364. The van der Waals surface area contributed by atoms with E-state index in [4.69, 9.17) is 9.47 Å². The van der Waals surface area contributed by atoms with Crippen molar-refractivity contribution in [2.75, 3.05) is 36.5 Å². The lowest BCUT2D eigenvalue weighted by atomic mass is 10.1. The Hall–Kier alpha value is -3.23. The molecule has 1 N–H and O–H groups in total. The normalized spacial score (nSPS) is 16.4. The summed E-state index contributed by atoms with van der Waals surface area (Å²) in [6.07, 6.45) is 1.08. The summed E-state index contributed by atoms with van der Waals surface area (Å²) in [7, 11) is 0. The Morgan fingerprint density at radius 1 is 1.03 bits per heavy atom. The fourth-order valence-corrected chi connectivity index (χ4v) is 3.58. The van der Waals surface area contributed by atoms with Crippen LogP contribution in [-0.2, 0) is 11.0 Å². The first kappa shape index (κ1) is 21.0. The van der Waals surface area contributed by atoms with Crippen LogP contribution in [0.1, 0.15) is 30.5 Å². The maximum absolute atomic E-state index is 13.2. The molecule has 6 nitrogen and oxygen atoms in total. The molecule has 0 saturated carbocycles. The van der Waals surface area contributed by atoms with E-state index in [0.29, 0.717) is 49.1 Å². The zero-order valence-corrected chi connectivity index (χ0v) is 16.7. The number of pyridine rings is 1. The Labute approximate surface area is 177 Å². The predicted octanol–water partition coefficient (Wildman–Crippen LogP) is 4.51. The minimum atomic E-state index is -4.53. The number of fused-ring (bicyclic) bond motifs is 1. The van der Waals surface area contributed by atoms with Crippen molar-refractivity contribution in [1.29, 1.82) is 0 Å². The number of halogens is 3. The second kappa shape index (κ2) is 8.87. The number of alkyl halides is 3. The molecule has 164 valence electrons. The van der Waals surface area contributed by atoms with E-state index >= 15 is 0 Å². The van der Waals surface area contributed by atoms with Crippen molar-refractivity contribution < 1.29 is 27.4 Å². The molecule has 9 heteroatoms. The van der Waals surface area contributed by atoms with Gasteiger partial charge in [0.05, 0.1) is 0 Å². The van der Waals surface area contributed by atoms with Crippen LogP contribution in [0.2, 0.25) is 0 Å². The third-order valence-corrected chi connectivity index (χ3v) is 5.08. The van der Waals surface area contributed by atoms with E-state index < -0.39 is 17.8 Å². The molecule has 1 amide bonds. The van der Waals surface area contributed by atoms with Crippen LogP contribution in [0, 0.1) is 0 Å². The Morgan fingerprint density at radius 2 is 1.77 bits per heavy atom. The van der Waals surface area contributed by atoms with E-state index in [0.717, 1.165) is 25.3 Å². The number of nitrogens with one attached hydrogen (secondary N) is 1. The maximum atomic E-state index is 13.2. The molecular weight excluding hydrogens is 411 g/mol. The van der Waals surface area contributed by atoms with Crippen LogP contribution < -0.4 is 19.7 Å². The van der Waals surface area contributed by atoms with Gasteiger partial charge < -0.3 is 19.7 Å². The number of rotatable bonds is 4. The molecule has 0 unspecified atom stereocenters. The molecule has 0 bridgehead atoms. The maximum Gasteiger partial charge on any atom is 0.433 e. The number of carbonyl (C=O) groups is 1. The van der Waals surface area contributed by atoms with Crippen LogP contribution in [0.15, 0.2) is 36.4 Å². The van der Waals surface area contributed by atoms with Gasteiger partial charge in [0.2, 0.25) is 5.91 Å². The van der Waals surface area contributed by atoms with Gasteiger partial charge in [-0.3, -0.25) is 4.79 Å². The van der Waals surface area contributed by atoms with E-state index in [-0.39, 0.29) is 5.82 Å². The standard InChI is InChI=1S/C22H22F3N3O3/c23-22(24,25)19-8-4-15(21(27-19)28-10-2-1-3-11-28)5-9-20(29)26-16-6-7-17-18(14-16)31-13-12-30-17/h4-9,14H,1-3,10-13H2,(H,26,29). The molecule has 31 heavy (non-hydrogen) atoms. The second-order valence-corrected chi connectivity index (χ2v) is 7.34. The van der Waals surface area contributed by atoms with Gasteiger partial charge in [0.25, 0.3) is 0 Å². The number of anilines is 2. The molecule has 1 saturated heterocycles. The monoisotopic (exact) mass is 433 g/mol. The Morgan fingerprint density at radius 3 is 2.52 bits per heavy atom. The quantitative estimate of drug-likeness (QED) is 0.719. The van der Waals surface area contributed by atoms with Crippen LogP contribution in [0.25, 0.3) is 6.08 Å². The molecule has 1 aromatic heterocycles. The van der Waals surface area contributed by atoms with Crippen LogP contribution in [0.5, 0.6) is 11.5 Å². The van der Waals surface area contributed by atoms with Crippen molar-refractivity contribution in [3.8, 4) is 11.5 Å². The first-order chi connectivity index (χ1) is 14.9. The van der Waals surface area contributed by atoms with Gasteiger partial charge in [0, 0.05) is 36.5 Å². The molecule has 1 fully saturated rings. The molecule has 0 atom stereocenters. The smallest absolute Gasteiger partial charge is 0.433 e. The number of piperidine rings is 1. The number of benzene rings is 1. The summed E-state index contributed by atoms with van der Waals surface area (Å²) in [5, 5.41) is 2.72. The number of amides is 1. The van der Waals surface area contributed by atoms with Crippen LogP contribution >= 0.6 is 0 Å². The highest BCUT2D eigenvalue weighted by atomic mass is 19.4. The minimum Gasteiger partial charge on any atom is -0.486 e. The van der Waals surface area contributed by atoms with Crippen LogP contribution in [0.3, 0.4) is 0 Å². The summed E-state index contributed by atoms with van der Waals surface area (Å²) in [5.41, 5.74) is 0.0545. The van der Waals surface area contributed by atoms with E-state index in [9.17, 15) is 18.0 Å². The van der Waals surface area contributed by atoms with Gasteiger partial charge in [0.1, 0.15) is 24.7 Å². The van der Waals surface area contributed by atoms with E-state index in [2.05, 4.69) is 10.3 Å². The third-order valence-electron chi connectivity index (χ3n) is 5.08. The number of carbonyl (C=O) groups excluding carboxylic acids is 1. The van der Waals surface area contributed by atoms with Crippen molar-refractivity contribution in [3.05, 3.63) is 47.7 Å². The summed E-state index contributed by atoms with van der Waals surface area (Å²) in [6.45, 7) is 2.18. The first-order valence-electron chi connectivity index (χ1n) is 10.1. The number of aromatic nitrogens is 1. The lowest BCUT2D eigenvalue weighted by Gasteiger charge is -2.29. The highest BCUT2D eigenvalue weighted by Crippen LogP contribution is 2.33. The SMILES string of the molecule is O=C(C=Cc1ccc(C(F)(F)F)nc1N1CCCCC1)Nc1ccc2c(c1)OCCO2. The largest absolute Gasteiger partial charge is 0.486 e. The lowest BCUT2D eigenvalue weighted by molar-refractivity contribution is -0.141. The lowest BCUT2D eigenvalue weighted by Crippen LogP contribution is -2.31.